The normalized spacial score (nSPS) is 16.7. The summed E-state index contributed by atoms with van der Waals surface area (Å²) in [6.45, 7) is 2.94. The third kappa shape index (κ3) is 3.43. The van der Waals surface area contributed by atoms with Crippen LogP contribution in [0.1, 0.15) is 26.2 Å². The lowest BCUT2D eigenvalue weighted by Gasteiger charge is -2.35. The Morgan fingerprint density at radius 1 is 1.13 bits per heavy atom. The standard InChI is InChI=1S/C23H23N5O3/c1-15-5-3-4-11-27(15)20-9-7-18(14-21(20)28(29)30)23-24-22(25-31-23)17-6-8-19-16(13-17)10-12-26(19)2/h6-10,12-15H,3-5,11H2,1-2H3/t15-/m1/s1. The van der Waals surface area contributed by atoms with Gasteiger partial charge in [-0.15, -0.1) is 0 Å². The van der Waals surface area contributed by atoms with Crippen LogP contribution in [0.25, 0.3) is 33.7 Å². The predicted octanol–water partition coefficient (Wildman–Crippen LogP) is 5.18. The largest absolute Gasteiger partial charge is 0.363 e. The summed E-state index contributed by atoms with van der Waals surface area (Å²) in [6.07, 6.45) is 5.24. The first-order valence-corrected chi connectivity index (χ1v) is 10.5. The molecule has 1 aliphatic rings. The third-order valence-electron chi connectivity index (χ3n) is 6.10. The van der Waals surface area contributed by atoms with Gasteiger partial charge in [0.15, 0.2) is 0 Å². The molecule has 5 rings (SSSR count). The fourth-order valence-electron chi connectivity index (χ4n) is 4.38. The van der Waals surface area contributed by atoms with Crippen molar-refractivity contribution in [2.24, 2.45) is 7.05 Å². The van der Waals surface area contributed by atoms with Gasteiger partial charge in [-0.3, -0.25) is 10.1 Å². The van der Waals surface area contributed by atoms with Gasteiger partial charge >= 0.3 is 0 Å². The van der Waals surface area contributed by atoms with Crippen molar-refractivity contribution >= 4 is 22.3 Å². The minimum atomic E-state index is -0.333. The number of benzene rings is 2. The average Bonchev–Trinajstić information content (AvgIpc) is 3.41. The summed E-state index contributed by atoms with van der Waals surface area (Å²) < 4.78 is 7.51. The van der Waals surface area contributed by atoms with Crippen LogP contribution in [-0.2, 0) is 7.05 Å². The van der Waals surface area contributed by atoms with Gasteiger partial charge in [-0.2, -0.15) is 4.98 Å². The first kappa shape index (κ1) is 19.3. The van der Waals surface area contributed by atoms with Crippen molar-refractivity contribution in [2.75, 3.05) is 11.4 Å². The molecule has 3 heterocycles. The van der Waals surface area contributed by atoms with Gasteiger partial charge in [0.05, 0.1) is 4.92 Å². The number of rotatable bonds is 4. The number of nitrogens with zero attached hydrogens (tertiary/aromatic N) is 5. The number of anilines is 1. The van der Waals surface area contributed by atoms with Crippen molar-refractivity contribution in [3.8, 4) is 22.8 Å². The predicted molar refractivity (Wildman–Crippen MR) is 119 cm³/mol. The molecule has 158 valence electrons. The van der Waals surface area contributed by atoms with Crippen LogP contribution in [0.2, 0.25) is 0 Å². The molecular weight excluding hydrogens is 394 g/mol. The second-order valence-electron chi connectivity index (χ2n) is 8.12. The number of hydrogen-bond donors (Lipinski definition) is 0. The van der Waals surface area contributed by atoms with Crippen LogP contribution in [0.4, 0.5) is 11.4 Å². The zero-order valence-corrected chi connectivity index (χ0v) is 17.5. The summed E-state index contributed by atoms with van der Waals surface area (Å²) in [5.41, 5.74) is 3.21. The Hall–Kier alpha value is -3.68. The number of fused-ring (bicyclic) bond motifs is 1. The monoisotopic (exact) mass is 417 g/mol. The van der Waals surface area contributed by atoms with Crippen LogP contribution >= 0.6 is 0 Å². The molecule has 31 heavy (non-hydrogen) atoms. The van der Waals surface area contributed by atoms with Crippen LogP contribution in [-0.4, -0.2) is 32.2 Å². The molecule has 0 bridgehead atoms. The van der Waals surface area contributed by atoms with Crippen LogP contribution in [0, 0.1) is 10.1 Å². The maximum absolute atomic E-state index is 11.8. The summed E-state index contributed by atoms with van der Waals surface area (Å²) in [4.78, 5) is 18.1. The first-order chi connectivity index (χ1) is 15.0. The van der Waals surface area contributed by atoms with E-state index in [2.05, 4.69) is 22.0 Å². The van der Waals surface area contributed by atoms with Gasteiger partial charge in [-0.25, -0.2) is 0 Å². The molecule has 0 saturated carbocycles. The van der Waals surface area contributed by atoms with Gasteiger partial charge < -0.3 is 14.0 Å². The summed E-state index contributed by atoms with van der Waals surface area (Å²) in [6, 6.07) is 13.4. The maximum Gasteiger partial charge on any atom is 0.293 e. The van der Waals surface area contributed by atoms with Gasteiger partial charge in [-0.05, 0) is 62.6 Å². The van der Waals surface area contributed by atoms with E-state index in [9.17, 15) is 10.1 Å². The highest BCUT2D eigenvalue weighted by Crippen LogP contribution is 2.36. The molecule has 8 heteroatoms. The molecule has 1 fully saturated rings. The SMILES string of the molecule is C[C@@H]1CCCCN1c1ccc(-c2nc(-c3ccc4c(ccn4C)c3)no2)cc1[N+](=O)[O-]. The van der Waals surface area contributed by atoms with E-state index in [1.165, 1.54) is 6.07 Å². The summed E-state index contributed by atoms with van der Waals surface area (Å²) in [5.74, 6) is 0.724. The summed E-state index contributed by atoms with van der Waals surface area (Å²) in [7, 11) is 2.00. The summed E-state index contributed by atoms with van der Waals surface area (Å²) >= 11 is 0. The Morgan fingerprint density at radius 3 is 2.77 bits per heavy atom. The van der Waals surface area contributed by atoms with Crippen LogP contribution in [0.3, 0.4) is 0 Å². The van der Waals surface area contributed by atoms with Crippen LogP contribution < -0.4 is 4.90 Å². The lowest BCUT2D eigenvalue weighted by molar-refractivity contribution is -0.384. The van der Waals surface area contributed by atoms with E-state index in [0.717, 1.165) is 42.3 Å². The molecule has 0 N–H and O–H groups in total. The highest BCUT2D eigenvalue weighted by Gasteiger charge is 2.27. The molecule has 0 amide bonds. The van der Waals surface area contributed by atoms with E-state index in [0.29, 0.717) is 17.1 Å². The number of nitro benzene ring substituents is 1. The molecule has 0 radical (unpaired) electrons. The van der Waals surface area contributed by atoms with E-state index in [1.54, 1.807) is 6.07 Å². The Kier molecular flexibility index (Phi) is 4.69. The van der Waals surface area contributed by atoms with Crippen LogP contribution in [0.5, 0.6) is 0 Å². The third-order valence-corrected chi connectivity index (χ3v) is 6.10. The fraction of sp³-hybridized carbons (Fsp3) is 0.304. The molecule has 8 nitrogen and oxygen atoms in total. The minimum absolute atomic E-state index is 0.0664. The van der Waals surface area contributed by atoms with E-state index in [-0.39, 0.29) is 22.5 Å². The van der Waals surface area contributed by atoms with Gasteiger partial charge in [0.2, 0.25) is 5.82 Å². The first-order valence-electron chi connectivity index (χ1n) is 10.5. The zero-order chi connectivity index (χ0) is 21.5. The van der Waals surface area contributed by atoms with E-state index >= 15 is 0 Å². The van der Waals surface area contributed by atoms with Crippen molar-refractivity contribution in [1.29, 1.82) is 0 Å². The molecule has 2 aromatic carbocycles. The lowest BCUT2D eigenvalue weighted by atomic mass is 10.0. The highest BCUT2D eigenvalue weighted by atomic mass is 16.6. The second-order valence-corrected chi connectivity index (χ2v) is 8.12. The van der Waals surface area contributed by atoms with Crippen molar-refractivity contribution in [3.63, 3.8) is 0 Å². The Morgan fingerprint density at radius 2 is 1.97 bits per heavy atom. The molecule has 0 unspecified atom stereocenters. The Labute approximate surface area is 179 Å². The highest BCUT2D eigenvalue weighted by molar-refractivity contribution is 5.84. The molecule has 0 spiro atoms. The van der Waals surface area contributed by atoms with Gasteiger partial charge in [0, 0.05) is 53.9 Å². The quantitative estimate of drug-likeness (QED) is 0.336. The number of piperidine rings is 1. The molecule has 1 saturated heterocycles. The van der Waals surface area contributed by atoms with Crippen LogP contribution in [0.15, 0.2) is 53.2 Å². The number of nitro groups is 1. The molecule has 2 aromatic heterocycles. The van der Waals surface area contributed by atoms with Gasteiger partial charge in [0.25, 0.3) is 11.6 Å². The zero-order valence-electron chi connectivity index (χ0n) is 17.5. The van der Waals surface area contributed by atoms with E-state index < -0.39 is 0 Å². The van der Waals surface area contributed by atoms with Gasteiger partial charge in [0.1, 0.15) is 5.69 Å². The Balaban J connectivity index is 1.49. The van der Waals surface area contributed by atoms with E-state index in [1.807, 2.05) is 48.1 Å². The average molecular weight is 417 g/mol. The molecular formula is C23H23N5O3. The van der Waals surface area contributed by atoms with Crippen molar-refractivity contribution in [1.82, 2.24) is 14.7 Å². The number of aryl methyl sites for hydroxylation is 1. The number of aromatic nitrogens is 3. The molecule has 4 aromatic rings. The lowest BCUT2D eigenvalue weighted by Crippen LogP contribution is -2.37. The minimum Gasteiger partial charge on any atom is -0.363 e. The number of hydrogen-bond acceptors (Lipinski definition) is 6. The molecule has 0 aliphatic carbocycles. The molecule has 1 aliphatic heterocycles. The van der Waals surface area contributed by atoms with Crippen molar-refractivity contribution in [3.05, 3.63) is 58.8 Å². The van der Waals surface area contributed by atoms with Gasteiger partial charge in [-0.1, -0.05) is 5.16 Å². The molecule has 1 atom stereocenters. The topological polar surface area (TPSA) is 90.2 Å². The smallest absolute Gasteiger partial charge is 0.293 e. The van der Waals surface area contributed by atoms with Crippen molar-refractivity contribution in [2.45, 2.75) is 32.2 Å². The Bertz CT molecular complexity index is 1280. The fourth-order valence-corrected chi connectivity index (χ4v) is 4.38. The summed E-state index contributed by atoms with van der Waals surface area (Å²) in [5, 5.41) is 17.0. The maximum atomic E-state index is 11.8. The second kappa shape index (κ2) is 7.54. The van der Waals surface area contributed by atoms with E-state index in [4.69, 9.17) is 4.52 Å². The van der Waals surface area contributed by atoms with Crippen molar-refractivity contribution < 1.29 is 9.45 Å².